The Morgan fingerprint density at radius 3 is 2.47 bits per heavy atom. The van der Waals surface area contributed by atoms with Gasteiger partial charge in [-0.05, 0) is 66.8 Å². The molecule has 1 atom stereocenters. The van der Waals surface area contributed by atoms with Crippen LogP contribution < -0.4 is 20.4 Å². The van der Waals surface area contributed by atoms with Crippen molar-refractivity contribution >= 4 is 58.0 Å². The van der Waals surface area contributed by atoms with E-state index in [2.05, 4.69) is 10.7 Å². The summed E-state index contributed by atoms with van der Waals surface area (Å²) in [6.45, 7) is 0. The molecule has 0 aliphatic carbocycles. The quantitative estimate of drug-likeness (QED) is 0.449. The van der Waals surface area contributed by atoms with Crippen LogP contribution in [0.4, 0.5) is 15.8 Å². The fraction of sp³-hybridized carbons (Fsp3) is 0.120. The van der Waals surface area contributed by atoms with Gasteiger partial charge in [-0.25, -0.2) is 9.40 Å². The number of nitrogens with one attached hydrogen (secondary N) is 2. The number of ether oxygens (including phenoxy) is 1. The predicted molar refractivity (Wildman–Crippen MR) is 137 cm³/mol. The number of benzene rings is 3. The van der Waals surface area contributed by atoms with Crippen molar-refractivity contribution in [1.82, 2.24) is 10.4 Å². The van der Waals surface area contributed by atoms with Crippen molar-refractivity contribution in [3.63, 3.8) is 0 Å². The van der Waals surface area contributed by atoms with E-state index >= 15 is 0 Å². The first-order valence-corrected chi connectivity index (χ1v) is 11.5. The zero-order chi connectivity index (χ0) is 25.8. The minimum atomic E-state index is -1.17. The monoisotopic (exact) mass is 526 g/mol. The van der Waals surface area contributed by atoms with E-state index in [1.807, 2.05) is 0 Å². The second-order valence-electron chi connectivity index (χ2n) is 7.72. The number of hydrazine groups is 1. The standard InChI is InChI=1S/C25H20ClFN4O4S/c1-35-18-11-9-17(10-12-18)30-24(34)21(14-22(32)28-20-8-3-2-7-19(20)26)31(25(30)36)29-23(33)15-5-4-6-16(27)13-15/h2-13,21H,14H2,1H3,(H,28,32)(H,29,33). The van der Waals surface area contributed by atoms with Crippen LogP contribution in [0.25, 0.3) is 0 Å². The molecule has 1 heterocycles. The number of amides is 3. The second-order valence-corrected chi connectivity index (χ2v) is 8.50. The summed E-state index contributed by atoms with van der Waals surface area (Å²) in [5.41, 5.74) is 3.37. The number of hydrogen-bond acceptors (Lipinski definition) is 5. The van der Waals surface area contributed by atoms with Crippen LogP contribution in [0.15, 0.2) is 72.8 Å². The molecule has 3 amide bonds. The SMILES string of the molecule is COc1ccc(N2C(=O)C(CC(=O)Nc3ccccc3Cl)N(NC(=O)c3cccc(F)c3)C2=S)cc1. The van der Waals surface area contributed by atoms with Gasteiger partial charge in [0, 0.05) is 5.56 Å². The molecule has 0 saturated carbocycles. The Bertz CT molecular complexity index is 1340. The van der Waals surface area contributed by atoms with Crippen molar-refractivity contribution in [3.8, 4) is 5.75 Å². The van der Waals surface area contributed by atoms with Gasteiger partial charge in [-0.1, -0.05) is 29.8 Å². The van der Waals surface area contributed by atoms with Crippen molar-refractivity contribution in [2.45, 2.75) is 12.5 Å². The van der Waals surface area contributed by atoms with E-state index in [9.17, 15) is 18.8 Å². The van der Waals surface area contributed by atoms with Gasteiger partial charge in [0.1, 0.15) is 17.6 Å². The van der Waals surface area contributed by atoms with Crippen molar-refractivity contribution in [2.75, 3.05) is 17.3 Å². The van der Waals surface area contributed by atoms with Gasteiger partial charge in [-0.2, -0.15) is 0 Å². The maximum atomic E-state index is 13.7. The van der Waals surface area contributed by atoms with Crippen LogP contribution in [-0.4, -0.2) is 41.0 Å². The first-order valence-electron chi connectivity index (χ1n) is 10.7. The summed E-state index contributed by atoms with van der Waals surface area (Å²) in [4.78, 5) is 40.4. The van der Waals surface area contributed by atoms with Gasteiger partial charge >= 0.3 is 0 Å². The highest BCUT2D eigenvalue weighted by Gasteiger charge is 2.45. The van der Waals surface area contributed by atoms with Crippen LogP contribution >= 0.6 is 23.8 Å². The molecule has 1 unspecified atom stereocenters. The van der Waals surface area contributed by atoms with Crippen LogP contribution in [0.2, 0.25) is 5.02 Å². The van der Waals surface area contributed by atoms with Crippen LogP contribution in [0.3, 0.4) is 0 Å². The predicted octanol–water partition coefficient (Wildman–Crippen LogP) is 4.16. The van der Waals surface area contributed by atoms with Crippen LogP contribution in [0.1, 0.15) is 16.8 Å². The summed E-state index contributed by atoms with van der Waals surface area (Å²) in [7, 11) is 1.51. The van der Waals surface area contributed by atoms with E-state index in [-0.39, 0.29) is 17.1 Å². The fourth-order valence-electron chi connectivity index (χ4n) is 3.61. The van der Waals surface area contributed by atoms with Gasteiger partial charge in [0.15, 0.2) is 0 Å². The molecule has 2 N–H and O–H groups in total. The Labute approximate surface area is 216 Å². The van der Waals surface area contributed by atoms with Gasteiger partial charge in [0.25, 0.3) is 11.8 Å². The van der Waals surface area contributed by atoms with Gasteiger partial charge in [0.05, 0.1) is 29.9 Å². The Hall–Kier alpha value is -4.02. The van der Waals surface area contributed by atoms with Crippen LogP contribution in [0, 0.1) is 5.82 Å². The Morgan fingerprint density at radius 1 is 1.08 bits per heavy atom. The first kappa shape index (κ1) is 25.1. The maximum Gasteiger partial charge on any atom is 0.269 e. The third-order valence-corrected chi connectivity index (χ3v) is 6.09. The largest absolute Gasteiger partial charge is 0.497 e. The fourth-order valence-corrected chi connectivity index (χ4v) is 4.16. The average molecular weight is 527 g/mol. The number of nitrogens with zero attached hydrogens (tertiary/aromatic N) is 2. The number of rotatable bonds is 7. The van der Waals surface area contributed by atoms with E-state index in [1.165, 1.54) is 30.2 Å². The Balaban J connectivity index is 1.62. The summed E-state index contributed by atoms with van der Waals surface area (Å²) < 4.78 is 18.8. The second kappa shape index (κ2) is 10.7. The van der Waals surface area contributed by atoms with Gasteiger partial charge in [-0.3, -0.25) is 24.7 Å². The lowest BCUT2D eigenvalue weighted by Gasteiger charge is -2.24. The van der Waals surface area contributed by atoms with Crippen molar-refractivity contribution in [2.24, 2.45) is 0 Å². The molecule has 8 nitrogen and oxygen atoms in total. The summed E-state index contributed by atoms with van der Waals surface area (Å²) in [6.07, 6.45) is -0.347. The number of carbonyl (C=O) groups excluding carboxylic acids is 3. The first-order chi connectivity index (χ1) is 17.3. The number of halogens is 2. The molecule has 1 fully saturated rings. The zero-order valence-corrected chi connectivity index (χ0v) is 20.5. The summed E-state index contributed by atoms with van der Waals surface area (Å²) in [5.74, 6) is -1.77. The maximum absolute atomic E-state index is 13.7. The minimum absolute atomic E-state index is 0.0208. The number of anilines is 2. The highest BCUT2D eigenvalue weighted by molar-refractivity contribution is 7.80. The Kier molecular flexibility index (Phi) is 7.47. The van der Waals surface area contributed by atoms with E-state index in [1.54, 1.807) is 48.5 Å². The molecular weight excluding hydrogens is 507 g/mol. The smallest absolute Gasteiger partial charge is 0.269 e. The van der Waals surface area contributed by atoms with Crippen LogP contribution in [0.5, 0.6) is 5.75 Å². The molecule has 3 aromatic carbocycles. The van der Waals surface area contributed by atoms with Crippen molar-refractivity contribution in [1.29, 1.82) is 0 Å². The Morgan fingerprint density at radius 2 is 1.81 bits per heavy atom. The lowest BCUT2D eigenvalue weighted by molar-refractivity contribution is -0.124. The van der Waals surface area contributed by atoms with E-state index < -0.39 is 29.6 Å². The molecule has 0 spiro atoms. The van der Waals surface area contributed by atoms with Gasteiger partial charge < -0.3 is 10.1 Å². The highest BCUT2D eigenvalue weighted by atomic mass is 35.5. The average Bonchev–Trinajstić information content (AvgIpc) is 3.09. The molecule has 1 aliphatic heterocycles. The number of para-hydroxylation sites is 1. The van der Waals surface area contributed by atoms with Gasteiger partial charge in [0.2, 0.25) is 11.0 Å². The molecule has 1 saturated heterocycles. The molecule has 3 aromatic rings. The molecule has 0 bridgehead atoms. The van der Waals surface area contributed by atoms with Gasteiger partial charge in [-0.15, -0.1) is 0 Å². The minimum Gasteiger partial charge on any atom is -0.497 e. The highest BCUT2D eigenvalue weighted by Crippen LogP contribution is 2.28. The van der Waals surface area contributed by atoms with E-state index in [0.29, 0.717) is 22.1 Å². The molecule has 36 heavy (non-hydrogen) atoms. The molecule has 0 aromatic heterocycles. The number of carbonyl (C=O) groups is 3. The van der Waals surface area contributed by atoms with Crippen molar-refractivity contribution < 1.29 is 23.5 Å². The topological polar surface area (TPSA) is 91.0 Å². The molecule has 1 aliphatic rings. The number of thiocarbonyl (C=S) groups is 1. The van der Waals surface area contributed by atoms with E-state index in [4.69, 9.17) is 28.6 Å². The number of methoxy groups -OCH3 is 1. The number of hydrogen-bond donors (Lipinski definition) is 2. The van der Waals surface area contributed by atoms with E-state index in [0.717, 1.165) is 11.1 Å². The molecule has 11 heteroatoms. The third kappa shape index (κ3) is 5.29. The zero-order valence-electron chi connectivity index (χ0n) is 18.9. The lowest BCUT2D eigenvalue weighted by atomic mass is 10.1. The third-order valence-electron chi connectivity index (χ3n) is 5.38. The normalized spacial score (nSPS) is 15.1. The van der Waals surface area contributed by atoms with Crippen molar-refractivity contribution in [3.05, 3.63) is 89.2 Å². The molecule has 0 radical (unpaired) electrons. The summed E-state index contributed by atoms with van der Waals surface area (Å²) in [6, 6.07) is 17.1. The molecule has 184 valence electrons. The summed E-state index contributed by atoms with van der Waals surface area (Å²) in [5, 5.41) is 4.08. The summed E-state index contributed by atoms with van der Waals surface area (Å²) >= 11 is 11.6. The molecular formula is C25H20ClFN4O4S. The van der Waals surface area contributed by atoms with Crippen LogP contribution in [-0.2, 0) is 9.59 Å². The molecule has 4 rings (SSSR count). The lowest BCUT2D eigenvalue weighted by Crippen LogP contribution is -2.49.